The molecule has 21 heavy (non-hydrogen) atoms. The van der Waals surface area contributed by atoms with Gasteiger partial charge in [0, 0.05) is 13.1 Å². The monoisotopic (exact) mass is 353 g/mol. The predicted octanol–water partition coefficient (Wildman–Crippen LogP) is 3.36. The van der Waals surface area contributed by atoms with Crippen molar-refractivity contribution in [1.82, 2.24) is 4.31 Å². The van der Waals surface area contributed by atoms with Gasteiger partial charge in [0.15, 0.2) is 0 Å². The number of carboxylic acids is 1. The minimum atomic E-state index is -3.91. The molecule has 1 rings (SSSR count). The van der Waals surface area contributed by atoms with Gasteiger partial charge in [-0.05, 0) is 25.0 Å². The van der Waals surface area contributed by atoms with E-state index in [0.717, 1.165) is 12.1 Å². The number of halogens is 2. The highest BCUT2D eigenvalue weighted by molar-refractivity contribution is 7.89. The first-order valence-corrected chi connectivity index (χ1v) is 8.40. The second-order valence-electron chi connectivity index (χ2n) is 5.07. The Kier molecular flexibility index (Phi) is 5.66. The number of nitrogens with zero attached hydrogens (tertiary/aromatic N) is 1. The highest BCUT2D eigenvalue weighted by Gasteiger charge is 2.30. The molecule has 0 aromatic heterocycles. The number of sulfonamides is 1. The van der Waals surface area contributed by atoms with Gasteiger partial charge in [-0.15, -0.1) is 0 Å². The van der Waals surface area contributed by atoms with Crippen LogP contribution in [0.1, 0.15) is 31.1 Å². The first-order chi connectivity index (χ1) is 9.50. The normalized spacial score (nSPS) is 13.7. The van der Waals surface area contributed by atoms with E-state index in [1.54, 1.807) is 6.92 Å². The molecule has 0 bridgehead atoms. The van der Waals surface area contributed by atoms with Gasteiger partial charge in [-0.25, -0.2) is 13.2 Å². The highest BCUT2D eigenvalue weighted by atomic mass is 35.5. The summed E-state index contributed by atoms with van der Waals surface area (Å²) in [7, 11) is -2.47. The Morgan fingerprint density at radius 1 is 1.19 bits per heavy atom. The van der Waals surface area contributed by atoms with E-state index in [-0.39, 0.29) is 32.5 Å². The standard InChI is InChI=1S/C13H17Cl2NO4S/c1-7(2)8(3)16(4)21(19,20)12-5-9(13(17)18)10(14)6-11(12)15/h5-8H,1-4H3,(H,17,18). The van der Waals surface area contributed by atoms with Crippen LogP contribution >= 0.6 is 23.2 Å². The fourth-order valence-electron chi connectivity index (χ4n) is 1.68. The summed E-state index contributed by atoms with van der Waals surface area (Å²) in [5, 5.41) is 8.84. The molecule has 1 aromatic carbocycles. The van der Waals surface area contributed by atoms with Crippen molar-refractivity contribution in [1.29, 1.82) is 0 Å². The topological polar surface area (TPSA) is 74.7 Å². The highest BCUT2D eigenvalue weighted by Crippen LogP contribution is 2.31. The van der Waals surface area contributed by atoms with Crippen LogP contribution in [0.4, 0.5) is 0 Å². The van der Waals surface area contributed by atoms with Crippen molar-refractivity contribution in [3.63, 3.8) is 0 Å². The minimum Gasteiger partial charge on any atom is -0.478 e. The largest absolute Gasteiger partial charge is 0.478 e. The molecule has 0 aliphatic carbocycles. The second-order valence-corrected chi connectivity index (χ2v) is 7.85. The molecule has 1 atom stereocenters. The van der Waals surface area contributed by atoms with Gasteiger partial charge < -0.3 is 5.11 Å². The van der Waals surface area contributed by atoms with Crippen LogP contribution in [0.2, 0.25) is 10.0 Å². The molecule has 0 heterocycles. The van der Waals surface area contributed by atoms with E-state index in [2.05, 4.69) is 0 Å². The first kappa shape index (κ1) is 18.2. The molecule has 118 valence electrons. The number of hydrogen-bond donors (Lipinski definition) is 1. The Bertz CT molecular complexity index is 658. The summed E-state index contributed by atoms with van der Waals surface area (Å²) < 4.78 is 26.4. The molecule has 0 saturated carbocycles. The molecule has 1 N–H and O–H groups in total. The smallest absolute Gasteiger partial charge is 0.337 e. The average Bonchev–Trinajstić information content (AvgIpc) is 2.35. The van der Waals surface area contributed by atoms with Crippen molar-refractivity contribution in [2.75, 3.05) is 7.05 Å². The lowest BCUT2D eigenvalue weighted by Gasteiger charge is -2.27. The van der Waals surface area contributed by atoms with Gasteiger partial charge in [0.05, 0.1) is 15.6 Å². The summed E-state index contributed by atoms with van der Waals surface area (Å²) in [6, 6.07) is 1.86. The molecule has 1 unspecified atom stereocenters. The fraction of sp³-hybridized carbons (Fsp3) is 0.462. The van der Waals surface area contributed by atoms with Crippen LogP contribution in [0.25, 0.3) is 0 Å². The quantitative estimate of drug-likeness (QED) is 0.880. The van der Waals surface area contributed by atoms with Crippen molar-refractivity contribution in [2.45, 2.75) is 31.7 Å². The van der Waals surface area contributed by atoms with Crippen LogP contribution in [-0.2, 0) is 10.0 Å². The van der Waals surface area contributed by atoms with Gasteiger partial charge in [0.2, 0.25) is 10.0 Å². The Morgan fingerprint density at radius 3 is 2.14 bits per heavy atom. The maximum absolute atomic E-state index is 12.6. The lowest BCUT2D eigenvalue weighted by atomic mass is 10.1. The summed E-state index contributed by atoms with van der Waals surface area (Å²) in [6.45, 7) is 5.55. The summed E-state index contributed by atoms with van der Waals surface area (Å²) in [6.07, 6.45) is 0. The van der Waals surface area contributed by atoms with E-state index in [1.807, 2.05) is 13.8 Å². The van der Waals surface area contributed by atoms with Gasteiger partial charge in [-0.2, -0.15) is 4.31 Å². The van der Waals surface area contributed by atoms with E-state index in [9.17, 15) is 13.2 Å². The van der Waals surface area contributed by atoms with Crippen molar-refractivity contribution in [3.8, 4) is 0 Å². The third kappa shape index (κ3) is 3.69. The van der Waals surface area contributed by atoms with Crippen molar-refractivity contribution >= 4 is 39.2 Å². The van der Waals surface area contributed by atoms with E-state index in [1.165, 1.54) is 11.4 Å². The van der Waals surface area contributed by atoms with Crippen LogP contribution < -0.4 is 0 Å². The molecule has 1 aromatic rings. The van der Waals surface area contributed by atoms with Crippen LogP contribution in [0.5, 0.6) is 0 Å². The van der Waals surface area contributed by atoms with Gasteiger partial charge >= 0.3 is 5.97 Å². The van der Waals surface area contributed by atoms with Gasteiger partial charge in [-0.3, -0.25) is 0 Å². The van der Waals surface area contributed by atoms with Crippen molar-refractivity contribution in [3.05, 3.63) is 27.7 Å². The van der Waals surface area contributed by atoms with E-state index in [4.69, 9.17) is 28.3 Å². The second kappa shape index (κ2) is 6.52. The van der Waals surface area contributed by atoms with Crippen LogP contribution in [-0.4, -0.2) is 36.9 Å². The maximum Gasteiger partial charge on any atom is 0.337 e. The third-order valence-corrected chi connectivity index (χ3v) is 6.17. The Hall–Kier alpha value is -0.820. The first-order valence-electron chi connectivity index (χ1n) is 6.20. The van der Waals surface area contributed by atoms with E-state index < -0.39 is 16.0 Å². The van der Waals surface area contributed by atoms with E-state index in [0.29, 0.717) is 0 Å². The van der Waals surface area contributed by atoms with Gasteiger partial charge in [0.25, 0.3) is 0 Å². The Labute approximate surface area is 134 Å². The SMILES string of the molecule is CC(C)C(C)N(C)S(=O)(=O)c1cc(C(=O)O)c(Cl)cc1Cl. The lowest BCUT2D eigenvalue weighted by Crippen LogP contribution is -2.38. The Morgan fingerprint density at radius 2 is 1.71 bits per heavy atom. The summed E-state index contributed by atoms with van der Waals surface area (Å²) >= 11 is 11.7. The molecule has 8 heteroatoms. The van der Waals surface area contributed by atoms with Crippen molar-refractivity contribution < 1.29 is 18.3 Å². The molecule has 0 aliphatic heterocycles. The third-order valence-electron chi connectivity index (χ3n) is 3.45. The maximum atomic E-state index is 12.6. The number of carboxylic acid groups (broad SMARTS) is 1. The predicted molar refractivity (Wildman–Crippen MR) is 82.7 cm³/mol. The fourth-order valence-corrected chi connectivity index (χ4v) is 4.00. The Balaban J connectivity index is 3.45. The number of benzene rings is 1. The molecule has 0 radical (unpaired) electrons. The average molecular weight is 354 g/mol. The summed E-state index contributed by atoms with van der Waals surface area (Å²) in [4.78, 5) is 10.8. The van der Waals surface area contributed by atoms with Crippen LogP contribution in [0, 0.1) is 5.92 Å². The zero-order valence-corrected chi connectivity index (χ0v) is 14.4. The molecule has 0 aliphatic rings. The van der Waals surface area contributed by atoms with E-state index >= 15 is 0 Å². The molecule has 0 fully saturated rings. The van der Waals surface area contributed by atoms with Gasteiger partial charge in [0.1, 0.15) is 4.90 Å². The molecule has 5 nitrogen and oxygen atoms in total. The minimum absolute atomic E-state index is 0.0924. The van der Waals surface area contributed by atoms with Crippen LogP contribution in [0.15, 0.2) is 17.0 Å². The number of hydrogen-bond acceptors (Lipinski definition) is 3. The molecule has 0 amide bonds. The molecule has 0 saturated heterocycles. The summed E-state index contributed by atoms with van der Waals surface area (Å²) in [5.41, 5.74) is -0.301. The molecule has 0 spiro atoms. The zero-order chi connectivity index (χ0) is 16.5. The lowest BCUT2D eigenvalue weighted by molar-refractivity contribution is 0.0697. The number of carbonyl (C=O) groups is 1. The van der Waals surface area contributed by atoms with Gasteiger partial charge in [-0.1, -0.05) is 37.0 Å². The number of aromatic carboxylic acids is 1. The van der Waals surface area contributed by atoms with Crippen LogP contribution in [0.3, 0.4) is 0 Å². The van der Waals surface area contributed by atoms with Crippen molar-refractivity contribution in [2.24, 2.45) is 5.92 Å². The summed E-state index contributed by atoms with van der Waals surface area (Å²) in [5.74, 6) is -1.22. The molecular formula is C13H17Cl2NO4S. The molecular weight excluding hydrogens is 337 g/mol. The zero-order valence-electron chi connectivity index (χ0n) is 12.1. The number of rotatable bonds is 5.